The molecule has 0 radical (unpaired) electrons. The van der Waals surface area contributed by atoms with Gasteiger partial charge in [-0.05, 0) is 25.0 Å². The standard InChI is InChI=1S/C16H18N4OS/c1-10(2)8-17-9-12-11(3)19-20(15(12)21)16-18-13-6-4-5-7-14(13)22-16/h4-7,9-10,19H,8H2,1-3H3. The lowest BCUT2D eigenvalue weighted by Crippen LogP contribution is -2.17. The van der Waals surface area contributed by atoms with Crippen molar-refractivity contribution in [2.45, 2.75) is 20.8 Å². The summed E-state index contributed by atoms with van der Waals surface area (Å²) in [4.78, 5) is 21.4. The van der Waals surface area contributed by atoms with Crippen molar-refractivity contribution in [3.8, 4) is 5.13 Å². The van der Waals surface area contributed by atoms with Gasteiger partial charge in [0.05, 0.1) is 15.8 Å². The van der Waals surface area contributed by atoms with Crippen LogP contribution in [0.25, 0.3) is 15.3 Å². The number of para-hydroxylation sites is 1. The molecule has 0 saturated heterocycles. The molecule has 1 aromatic carbocycles. The Morgan fingerprint density at radius 3 is 2.91 bits per heavy atom. The molecule has 114 valence electrons. The van der Waals surface area contributed by atoms with Gasteiger partial charge in [-0.25, -0.2) is 4.98 Å². The third-order valence-corrected chi connectivity index (χ3v) is 4.30. The lowest BCUT2D eigenvalue weighted by molar-refractivity contribution is 0.667. The molecule has 3 aromatic rings. The van der Waals surface area contributed by atoms with Crippen LogP contribution in [0.5, 0.6) is 0 Å². The van der Waals surface area contributed by atoms with Gasteiger partial charge in [0.1, 0.15) is 0 Å². The highest BCUT2D eigenvalue weighted by molar-refractivity contribution is 7.20. The van der Waals surface area contributed by atoms with Crippen molar-refractivity contribution in [3.63, 3.8) is 0 Å². The topological polar surface area (TPSA) is 63.0 Å². The highest BCUT2D eigenvalue weighted by atomic mass is 32.1. The Hall–Kier alpha value is -2.21. The fourth-order valence-corrected chi connectivity index (χ4v) is 3.08. The molecule has 0 aliphatic heterocycles. The molecule has 0 aliphatic carbocycles. The number of aryl methyl sites for hydroxylation is 1. The van der Waals surface area contributed by atoms with Crippen LogP contribution in [0.4, 0.5) is 0 Å². The second kappa shape index (κ2) is 5.88. The first-order valence-corrected chi connectivity index (χ1v) is 8.05. The van der Waals surface area contributed by atoms with E-state index in [0.717, 1.165) is 15.9 Å². The molecule has 5 nitrogen and oxygen atoms in total. The SMILES string of the molecule is Cc1[nH]n(-c2nc3ccccc3s2)c(=O)c1C=NCC(C)C. The summed E-state index contributed by atoms with van der Waals surface area (Å²) in [5.41, 5.74) is 2.19. The second-order valence-corrected chi connectivity index (χ2v) is 6.65. The summed E-state index contributed by atoms with van der Waals surface area (Å²) in [6, 6.07) is 7.86. The number of nitrogens with one attached hydrogen (secondary N) is 1. The van der Waals surface area contributed by atoms with Crippen LogP contribution in [-0.2, 0) is 0 Å². The number of hydrogen-bond acceptors (Lipinski definition) is 4. The van der Waals surface area contributed by atoms with Crippen molar-refractivity contribution in [1.82, 2.24) is 14.8 Å². The van der Waals surface area contributed by atoms with Crippen LogP contribution in [0, 0.1) is 12.8 Å². The Bertz CT molecular complexity index is 852. The number of benzene rings is 1. The van der Waals surface area contributed by atoms with Crippen molar-refractivity contribution in [3.05, 3.63) is 45.9 Å². The van der Waals surface area contributed by atoms with Gasteiger partial charge in [0.25, 0.3) is 5.56 Å². The number of rotatable bonds is 4. The zero-order chi connectivity index (χ0) is 15.7. The molecule has 0 amide bonds. The van der Waals surface area contributed by atoms with Crippen LogP contribution < -0.4 is 5.56 Å². The van der Waals surface area contributed by atoms with E-state index >= 15 is 0 Å². The maximum Gasteiger partial charge on any atom is 0.282 e. The van der Waals surface area contributed by atoms with Gasteiger partial charge in [-0.3, -0.25) is 14.9 Å². The minimum atomic E-state index is -0.107. The maximum atomic E-state index is 12.5. The normalized spacial score (nSPS) is 12.0. The fourth-order valence-electron chi connectivity index (χ4n) is 2.16. The van der Waals surface area contributed by atoms with E-state index in [0.29, 0.717) is 23.2 Å². The maximum absolute atomic E-state index is 12.5. The highest BCUT2D eigenvalue weighted by Gasteiger charge is 2.13. The van der Waals surface area contributed by atoms with E-state index in [1.807, 2.05) is 31.2 Å². The van der Waals surface area contributed by atoms with Crippen LogP contribution in [-0.4, -0.2) is 27.5 Å². The van der Waals surface area contributed by atoms with E-state index in [2.05, 4.69) is 28.9 Å². The number of aliphatic imine (C=N–C) groups is 1. The van der Waals surface area contributed by atoms with Crippen molar-refractivity contribution < 1.29 is 0 Å². The predicted octanol–water partition coefficient (Wildman–Crippen LogP) is 3.16. The van der Waals surface area contributed by atoms with Gasteiger partial charge >= 0.3 is 0 Å². The molecule has 0 bridgehead atoms. The van der Waals surface area contributed by atoms with Crippen LogP contribution in [0.1, 0.15) is 25.1 Å². The van der Waals surface area contributed by atoms with E-state index in [1.54, 1.807) is 6.21 Å². The zero-order valence-electron chi connectivity index (χ0n) is 12.8. The van der Waals surface area contributed by atoms with Gasteiger partial charge in [-0.15, -0.1) is 0 Å². The number of thiazole rings is 1. The van der Waals surface area contributed by atoms with Crippen LogP contribution in [0.2, 0.25) is 0 Å². The lowest BCUT2D eigenvalue weighted by Gasteiger charge is -1.95. The van der Waals surface area contributed by atoms with Gasteiger partial charge in [0.15, 0.2) is 0 Å². The molecule has 6 heteroatoms. The molecular formula is C16H18N4OS. The molecule has 1 N–H and O–H groups in total. The fraction of sp³-hybridized carbons (Fsp3) is 0.312. The van der Waals surface area contributed by atoms with Crippen molar-refractivity contribution in [1.29, 1.82) is 0 Å². The first-order chi connectivity index (χ1) is 10.6. The average molecular weight is 314 g/mol. The largest absolute Gasteiger partial charge is 0.293 e. The Morgan fingerprint density at radius 1 is 1.41 bits per heavy atom. The minimum absolute atomic E-state index is 0.107. The average Bonchev–Trinajstić information content (AvgIpc) is 3.02. The molecule has 0 saturated carbocycles. The Morgan fingerprint density at radius 2 is 2.18 bits per heavy atom. The van der Waals surface area contributed by atoms with Gasteiger partial charge in [-0.2, -0.15) is 4.68 Å². The number of hydrogen-bond donors (Lipinski definition) is 1. The van der Waals surface area contributed by atoms with Crippen molar-refractivity contribution >= 4 is 27.8 Å². The summed E-state index contributed by atoms with van der Waals surface area (Å²) < 4.78 is 2.56. The number of aromatic nitrogens is 3. The number of fused-ring (bicyclic) bond motifs is 1. The molecular weight excluding hydrogens is 296 g/mol. The minimum Gasteiger partial charge on any atom is -0.293 e. The Labute approximate surface area is 132 Å². The summed E-state index contributed by atoms with van der Waals surface area (Å²) in [5, 5.41) is 3.74. The number of nitrogens with zero attached hydrogens (tertiary/aromatic N) is 3. The third kappa shape index (κ3) is 2.74. The molecule has 22 heavy (non-hydrogen) atoms. The number of aromatic amines is 1. The molecule has 2 heterocycles. The quantitative estimate of drug-likeness (QED) is 0.752. The van der Waals surface area contributed by atoms with E-state index in [1.165, 1.54) is 16.0 Å². The van der Waals surface area contributed by atoms with E-state index in [-0.39, 0.29) is 5.56 Å². The number of H-pyrrole nitrogens is 1. The molecule has 2 aromatic heterocycles. The Kier molecular flexibility index (Phi) is 3.94. The lowest BCUT2D eigenvalue weighted by atomic mass is 10.2. The highest BCUT2D eigenvalue weighted by Crippen LogP contribution is 2.23. The molecule has 0 unspecified atom stereocenters. The monoisotopic (exact) mass is 314 g/mol. The van der Waals surface area contributed by atoms with Gasteiger partial charge in [-0.1, -0.05) is 37.3 Å². The predicted molar refractivity (Wildman–Crippen MR) is 91.6 cm³/mol. The van der Waals surface area contributed by atoms with Crippen LogP contribution in [0.3, 0.4) is 0 Å². The van der Waals surface area contributed by atoms with Crippen LogP contribution in [0.15, 0.2) is 34.1 Å². The first kappa shape index (κ1) is 14.7. The molecule has 0 aliphatic rings. The summed E-state index contributed by atoms with van der Waals surface area (Å²) in [7, 11) is 0. The summed E-state index contributed by atoms with van der Waals surface area (Å²) in [6.45, 7) is 6.79. The van der Waals surface area contributed by atoms with Crippen LogP contribution >= 0.6 is 11.3 Å². The molecule has 0 fully saturated rings. The third-order valence-electron chi connectivity index (χ3n) is 3.28. The van der Waals surface area contributed by atoms with E-state index < -0.39 is 0 Å². The van der Waals surface area contributed by atoms with E-state index in [9.17, 15) is 4.79 Å². The molecule has 0 atom stereocenters. The van der Waals surface area contributed by atoms with Gasteiger partial charge in [0.2, 0.25) is 5.13 Å². The smallest absolute Gasteiger partial charge is 0.282 e. The van der Waals surface area contributed by atoms with Gasteiger partial charge < -0.3 is 0 Å². The Balaban J connectivity index is 2.01. The summed E-state index contributed by atoms with van der Waals surface area (Å²) >= 11 is 1.49. The summed E-state index contributed by atoms with van der Waals surface area (Å²) in [5.74, 6) is 0.474. The van der Waals surface area contributed by atoms with E-state index in [4.69, 9.17) is 0 Å². The zero-order valence-corrected chi connectivity index (χ0v) is 13.6. The molecule has 3 rings (SSSR count). The van der Waals surface area contributed by atoms with Crippen molar-refractivity contribution in [2.24, 2.45) is 10.9 Å². The summed E-state index contributed by atoms with van der Waals surface area (Å²) in [6.07, 6.45) is 1.66. The molecule has 0 spiro atoms. The van der Waals surface area contributed by atoms with Gasteiger partial charge in [0, 0.05) is 18.5 Å². The second-order valence-electron chi connectivity index (χ2n) is 5.64. The first-order valence-electron chi connectivity index (χ1n) is 7.23. The van der Waals surface area contributed by atoms with Crippen molar-refractivity contribution in [2.75, 3.05) is 6.54 Å².